The summed E-state index contributed by atoms with van der Waals surface area (Å²) in [4.78, 5) is 70.2. The van der Waals surface area contributed by atoms with Gasteiger partial charge in [0.2, 0.25) is 5.91 Å². The number of para-hydroxylation sites is 2. The number of rotatable bonds is 10. The highest BCUT2D eigenvalue weighted by atomic mass is 35.5. The van der Waals surface area contributed by atoms with E-state index >= 15 is 0 Å². The molecule has 1 aliphatic rings. The van der Waals surface area contributed by atoms with E-state index < -0.39 is 34.8 Å². The van der Waals surface area contributed by atoms with Crippen molar-refractivity contribution in [3.8, 4) is 23.3 Å². The minimum atomic E-state index is -0.638. The molecule has 0 atom stereocenters. The lowest BCUT2D eigenvalue weighted by Gasteiger charge is -2.14. The van der Waals surface area contributed by atoms with Gasteiger partial charge in [-0.1, -0.05) is 47.5 Å². The van der Waals surface area contributed by atoms with Crippen molar-refractivity contribution in [2.75, 3.05) is 26.1 Å². The standard InChI is InChI=1S/C34H28Cl2N6O8S/c1-39-29-28(31(45)40(2)33(39)46)41(16-19-10-11-20(35)15-21(19)36)32(38-29)50-24-12-9-18(13-25(24)49-4)14-26-30(44)42(34(47)51-26)17-27(43)37-22-7-5-6-8-23(22)48-3/h5-15H,16-17H2,1-4H3,(H,37,43)/b26-14-. The first-order valence-electron chi connectivity index (χ1n) is 15.0. The zero-order valence-corrected chi connectivity index (χ0v) is 29.8. The number of nitrogens with zero attached hydrogens (tertiary/aromatic N) is 5. The van der Waals surface area contributed by atoms with Gasteiger partial charge in [0, 0.05) is 24.1 Å². The predicted octanol–water partition coefficient (Wildman–Crippen LogP) is 5.27. The highest BCUT2D eigenvalue weighted by Gasteiger charge is 2.36. The van der Waals surface area contributed by atoms with Crippen molar-refractivity contribution in [2.45, 2.75) is 6.54 Å². The van der Waals surface area contributed by atoms with Gasteiger partial charge >= 0.3 is 11.7 Å². The zero-order chi connectivity index (χ0) is 36.6. The third-order valence-corrected chi connectivity index (χ3v) is 9.39. The second-order valence-corrected chi connectivity index (χ2v) is 13.0. The summed E-state index contributed by atoms with van der Waals surface area (Å²) in [5, 5.41) is 2.83. The molecule has 0 aliphatic carbocycles. The minimum Gasteiger partial charge on any atom is -0.495 e. The van der Waals surface area contributed by atoms with Gasteiger partial charge < -0.3 is 19.5 Å². The first-order chi connectivity index (χ1) is 24.4. The molecule has 2 aromatic heterocycles. The maximum absolute atomic E-state index is 13.4. The van der Waals surface area contributed by atoms with Crippen LogP contribution >= 0.6 is 35.0 Å². The molecule has 0 saturated carbocycles. The first-order valence-corrected chi connectivity index (χ1v) is 16.6. The molecule has 3 amide bonds. The van der Waals surface area contributed by atoms with Crippen LogP contribution in [0.25, 0.3) is 17.2 Å². The minimum absolute atomic E-state index is 0.0344. The molecular weight excluding hydrogens is 723 g/mol. The van der Waals surface area contributed by atoms with E-state index in [-0.39, 0.29) is 40.1 Å². The van der Waals surface area contributed by atoms with E-state index in [1.54, 1.807) is 60.7 Å². The molecule has 6 rings (SSSR count). The summed E-state index contributed by atoms with van der Waals surface area (Å²) < 4.78 is 20.7. The number of imide groups is 1. The van der Waals surface area contributed by atoms with Gasteiger partial charge in [-0.25, -0.2) is 4.79 Å². The SMILES string of the molecule is COc1ccccc1NC(=O)CN1C(=O)S/C(=C\c2ccc(Oc3nc4c(c(=O)n(C)c(=O)n4C)n3Cc3ccc(Cl)cc3Cl)c(OC)c2)C1=O. The van der Waals surface area contributed by atoms with Crippen LogP contribution in [0.15, 0.2) is 75.2 Å². The molecule has 3 heterocycles. The summed E-state index contributed by atoms with van der Waals surface area (Å²) in [6.07, 6.45) is 1.49. The molecule has 14 nitrogen and oxygen atoms in total. The number of carbonyl (C=O) groups excluding carboxylic acids is 3. The second kappa shape index (κ2) is 14.4. The fraction of sp³-hybridized carbons (Fsp3) is 0.176. The van der Waals surface area contributed by atoms with Crippen molar-refractivity contribution in [3.05, 3.63) is 108 Å². The monoisotopic (exact) mass is 750 g/mol. The molecule has 1 aliphatic heterocycles. The Balaban J connectivity index is 1.28. The Labute approximate surface area is 303 Å². The number of carbonyl (C=O) groups is 3. The summed E-state index contributed by atoms with van der Waals surface area (Å²) >= 11 is 13.3. The zero-order valence-electron chi connectivity index (χ0n) is 27.4. The average molecular weight is 752 g/mol. The van der Waals surface area contributed by atoms with E-state index in [1.807, 2.05) is 0 Å². The van der Waals surface area contributed by atoms with Crippen molar-refractivity contribution in [1.82, 2.24) is 23.6 Å². The smallest absolute Gasteiger partial charge is 0.332 e. The van der Waals surface area contributed by atoms with Gasteiger partial charge in [0.05, 0.1) is 31.4 Å². The van der Waals surface area contributed by atoms with Crippen LogP contribution in [0.4, 0.5) is 10.5 Å². The largest absolute Gasteiger partial charge is 0.495 e. The summed E-state index contributed by atoms with van der Waals surface area (Å²) in [7, 11) is 5.73. The molecule has 5 aromatic rings. The van der Waals surface area contributed by atoms with Gasteiger partial charge in [-0.05, 0) is 65.4 Å². The number of hydrogen-bond donors (Lipinski definition) is 1. The number of benzene rings is 3. The van der Waals surface area contributed by atoms with Gasteiger partial charge in [0.25, 0.3) is 16.7 Å². The molecular formula is C34H28Cl2N6O8S. The first kappa shape index (κ1) is 35.3. The maximum atomic E-state index is 13.4. The number of thioether (sulfide) groups is 1. The number of hydrogen-bond acceptors (Lipinski definition) is 10. The third-order valence-electron chi connectivity index (χ3n) is 7.90. The van der Waals surface area contributed by atoms with Crippen LogP contribution in [0.2, 0.25) is 10.0 Å². The number of fused-ring (bicyclic) bond motifs is 1. The lowest BCUT2D eigenvalue weighted by atomic mass is 10.2. The van der Waals surface area contributed by atoms with Crippen LogP contribution in [0, 0.1) is 0 Å². The number of nitrogens with one attached hydrogen (secondary N) is 1. The van der Waals surface area contributed by atoms with Gasteiger partial charge in [-0.3, -0.25) is 37.8 Å². The quantitative estimate of drug-likeness (QED) is 0.187. The highest BCUT2D eigenvalue weighted by Crippen LogP contribution is 2.37. The van der Waals surface area contributed by atoms with Crippen molar-refractivity contribution in [3.63, 3.8) is 0 Å². The van der Waals surface area contributed by atoms with Gasteiger partial charge in [-0.2, -0.15) is 4.98 Å². The van der Waals surface area contributed by atoms with E-state index in [0.717, 1.165) is 9.47 Å². The van der Waals surface area contributed by atoms with Crippen LogP contribution in [0.1, 0.15) is 11.1 Å². The Morgan fingerprint density at radius 3 is 2.39 bits per heavy atom. The number of anilines is 1. The van der Waals surface area contributed by atoms with Crippen LogP contribution in [-0.2, 0) is 30.2 Å². The fourth-order valence-electron chi connectivity index (χ4n) is 5.30. The Morgan fingerprint density at radius 2 is 1.67 bits per heavy atom. The summed E-state index contributed by atoms with van der Waals surface area (Å²) in [6, 6.07) is 16.4. The van der Waals surface area contributed by atoms with E-state index in [1.165, 1.54) is 43.5 Å². The maximum Gasteiger partial charge on any atom is 0.332 e. The molecule has 262 valence electrons. The molecule has 1 fully saturated rings. The number of methoxy groups -OCH3 is 2. The normalized spacial score (nSPS) is 13.7. The number of halogens is 2. The highest BCUT2D eigenvalue weighted by molar-refractivity contribution is 8.18. The van der Waals surface area contributed by atoms with Crippen LogP contribution in [-0.4, -0.2) is 61.4 Å². The van der Waals surface area contributed by atoms with Gasteiger partial charge in [0.15, 0.2) is 22.7 Å². The number of ether oxygens (including phenoxy) is 3. The van der Waals surface area contributed by atoms with E-state index in [0.29, 0.717) is 44.4 Å². The fourth-order valence-corrected chi connectivity index (χ4v) is 6.60. The topological polar surface area (TPSA) is 156 Å². The predicted molar refractivity (Wildman–Crippen MR) is 193 cm³/mol. The molecule has 0 bridgehead atoms. The molecule has 0 unspecified atom stereocenters. The van der Waals surface area contributed by atoms with Crippen molar-refractivity contribution in [2.24, 2.45) is 14.1 Å². The summed E-state index contributed by atoms with van der Waals surface area (Å²) in [6.45, 7) is -0.449. The number of imidazole rings is 1. The molecule has 17 heteroatoms. The molecule has 1 N–H and O–H groups in total. The number of amides is 3. The molecule has 0 spiro atoms. The van der Waals surface area contributed by atoms with Crippen LogP contribution < -0.4 is 30.8 Å². The lowest BCUT2D eigenvalue weighted by Crippen LogP contribution is -2.37. The Bertz CT molecular complexity index is 2400. The van der Waals surface area contributed by atoms with Crippen molar-refractivity contribution >= 4 is 74.9 Å². The molecule has 51 heavy (non-hydrogen) atoms. The van der Waals surface area contributed by atoms with E-state index in [2.05, 4.69) is 10.3 Å². The summed E-state index contributed by atoms with van der Waals surface area (Å²) in [5.74, 6) is -0.366. The lowest BCUT2D eigenvalue weighted by molar-refractivity contribution is -0.127. The summed E-state index contributed by atoms with van der Waals surface area (Å²) in [5.41, 5.74) is 0.522. The Morgan fingerprint density at radius 1 is 0.922 bits per heavy atom. The Kier molecular flexibility index (Phi) is 9.96. The average Bonchev–Trinajstić information content (AvgIpc) is 3.59. The Hall–Kier alpha value is -5.51. The van der Waals surface area contributed by atoms with Gasteiger partial charge in [0.1, 0.15) is 12.3 Å². The van der Waals surface area contributed by atoms with Gasteiger partial charge in [-0.15, -0.1) is 0 Å². The molecule has 0 radical (unpaired) electrons. The third kappa shape index (κ3) is 6.95. The van der Waals surface area contributed by atoms with Crippen molar-refractivity contribution in [1.29, 1.82) is 0 Å². The van der Waals surface area contributed by atoms with E-state index in [4.69, 9.17) is 37.4 Å². The van der Waals surface area contributed by atoms with Crippen LogP contribution in [0.5, 0.6) is 23.3 Å². The number of aryl methyl sites for hydroxylation is 1. The molecule has 3 aromatic carbocycles. The molecule has 1 saturated heterocycles. The van der Waals surface area contributed by atoms with Crippen molar-refractivity contribution < 1.29 is 28.6 Å². The number of aromatic nitrogens is 4. The van der Waals surface area contributed by atoms with Crippen LogP contribution in [0.3, 0.4) is 0 Å². The van der Waals surface area contributed by atoms with E-state index in [9.17, 15) is 24.0 Å². The second-order valence-electron chi connectivity index (χ2n) is 11.1.